The van der Waals surface area contributed by atoms with Crippen molar-refractivity contribution >= 4 is 11.7 Å². The Morgan fingerprint density at radius 2 is 2.33 bits per heavy atom. The third-order valence-electron chi connectivity index (χ3n) is 2.88. The number of nitrogens with zero attached hydrogens (tertiary/aromatic N) is 2. The molecular weight excluding hydrogens is 234 g/mol. The molecule has 18 heavy (non-hydrogen) atoms. The third-order valence-corrected chi connectivity index (χ3v) is 2.88. The molecule has 1 atom stereocenters. The van der Waals surface area contributed by atoms with Gasteiger partial charge in [0.25, 0.3) is 5.91 Å². The van der Waals surface area contributed by atoms with Crippen LogP contribution in [0.3, 0.4) is 0 Å². The van der Waals surface area contributed by atoms with Crippen molar-refractivity contribution in [3.63, 3.8) is 0 Å². The number of aromatic nitrogens is 2. The lowest BCUT2D eigenvalue weighted by molar-refractivity contribution is -0.129. The third kappa shape index (κ3) is 3.48. The highest BCUT2D eigenvalue weighted by atomic mass is 16.5. The number of aliphatic hydroxyl groups is 1. The fourth-order valence-corrected chi connectivity index (χ4v) is 1.51. The molecule has 6 heteroatoms. The summed E-state index contributed by atoms with van der Waals surface area (Å²) < 4.78 is 5.37. The minimum absolute atomic E-state index is 0.0236. The largest absolute Gasteiger partial charge is 0.381 e. The number of carbonyl (C=O) groups excluding carboxylic acids is 1. The number of anilines is 1. The van der Waals surface area contributed by atoms with Gasteiger partial charge in [-0.3, -0.25) is 9.78 Å². The Morgan fingerprint density at radius 3 is 2.89 bits per heavy atom. The molecule has 0 spiro atoms. The van der Waals surface area contributed by atoms with Crippen LogP contribution in [-0.2, 0) is 9.53 Å². The predicted molar refractivity (Wildman–Crippen MR) is 65.0 cm³/mol. The van der Waals surface area contributed by atoms with E-state index in [1.807, 2.05) is 0 Å². The second-order valence-corrected chi connectivity index (χ2v) is 4.43. The van der Waals surface area contributed by atoms with Crippen LogP contribution in [0.2, 0.25) is 0 Å². The molecule has 98 valence electrons. The van der Waals surface area contributed by atoms with Crippen molar-refractivity contribution in [1.29, 1.82) is 0 Å². The molecule has 0 aromatic carbocycles. The van der Waals surface area contributed by atoms with Crippen molar-refractivity contribution < 1.29 is 14.6 Å². The minimum atomic E-state index is -1.17. The molecule has 0 saturated heterocycles. The van der Waals surface area contributed by atoms with E-state index in [1.54, 1.807) is 13.1 Å². The van der Waals surface area contributed by atoms with E-state index in [0.717, 1.165) is 25.0 Å². The molecule has 2 N–H and O–H groups in total. The van der Waals surface area contributed by atoms with Crippen LogP contribution in [-0.4, -0.2) is 39.8 Å². The zero-order chi connectivity index (χ0) is 13.0. The van der Waals surface area contributed by atoms with Gasteiger partial charge in [-0.05, 0) is 26.2 Å². The lowest BCUT2D eigenvalue weighted by Gasteiger charge is -2.26. The second kappa shape index (κ2) is 5.88. The van der Waals surface area contributed by atoms with E-state index in [0.29, 0.717) is 5.82 Å². The average molecular weight is 251 g/mol. The van der Waals surface area contributed by atoms with E-state index in [-0.39, 0.29) is 12.7 Å². The van der Waals surface area contributed by atoms with Crippen molar-refractivity contribution in [2.24, 2.45) is 0 Å². The first-order chi connectivity index (χ1) is 8.65. The normalized spacial score (nSPS) is 17.0. The molecule has 2 rings (SSSR count). The molecule has 6 nitrogen and oxygen atoms in total. The number of amides is 1. The molecule has 0 radical (unpaired) electrons. The number of nitrogens with one attached hydrogen (secondary N) is 1. The molecule has 1 heterocycles. The molecule has 0 bridgehead atoms. The van der Waals surface area contributed by atoms with Crippen LogP contribution in [0.15, 0.2) is 12.4 Å². The van der Waals surface area contributed by atoms with Crippen LogP contribution in [0.5, 0.6) is 0 Å². The summed E-state index contributed by atoms with van der Waals surface area (Å²) >= 11 is 0. The Balaban J connectivity index is 1.77. The zero-order valence-electron chi connectivity index (χ0n) is 10.3. The van der Waals surface area contributed by atoms with Crippen molar-refractivity contribution in [3.05, 3.63) is 18.1 Å². The zero-order valence-corrected chi connectivity index (χ0v) is 10.3. The second-order valence-electron chi connectivity index (χ2n) is 4.43. The highest BCUT2D eigenvalue weighted by Crippen LogP contribution is 2.21. The van der Waals surface area contributed by atoms with Crippen LogP contribution >= 0.6 is 0 Å². The van der Waals surface area contributed by atoms with Gasteiger partial charge in [0.1, 0.15) is 0 Å². The van der Waals surface area contributed by atoms with Crippen molar-refractivity contribution in [2.75, 3.05) is 11.9 Å². The number of carbonyl (C=O) groups is 1. The molecule has 1 unspecified atom stereocenters. The summed E-state index contributed by atoms with van der Waals surface area (Å²) in [5, 5.41) is 12.1. The Labute approximate surface area is 105 Å². The molecule has 1 aliphatic rings. The SMILES string of the molecule is Cc1cnc(NC(=O)C(O)COC2CCC2)cn1. The maximum absolute atomic E-state index is 11.6. The lowest BCUT2D eigenvalue weighted by atomic mass is 9.96. The molecule has 1 fully saturated rings. The van der Waals surface area contributed by atoms with Crippen LogP contribution < -0.4 is 5.32 Å². The van der Waals surface area contributed by atoms with Gasteiger partial charge in [0.05, 0.1) is 30.8 Å². The highest BCUT2D eigenvalue weighted by Gasteiger charge is 2.22. The van der Waals surface area contributed by atoms with E-state index in [9.17, 15) is 9.90 Å². The summed E-state index contributed by atoms with van der Waals surface area (Å²) in [4.78, 5) is 19.6. The van der Waals surface area contributed by atoms with Gasteiger partial charge >= 0.3 is 0 Å². The first-order valence-electron chi connectivity index (χ1n) is 6.04. The molecule has 1 aromatic rings. The first kappa shape index (κ1) is 12.9. The lowest BCUT2D eigenvalue weighted by Crippen LogP contribution is -2.35. The van der Waals surface area contributed by atoms with Crippen molar-refractivity contribution in [1.82, 2.24) is 9.97 Å². The maximum Gasteiger partial charge on any atom is 0.256 e. The van der Waals surface area contributed by atoms with Gasteiger partial charge < -0.3 is 15.2 Å². The Morgan fingerprint density at radius 1 is 1.56 bits per heavy atom. The Kier molecular flexibility index (Phi) is 4.22. The van der Waals surface area contributed by atoms with Crippen LogP contribution in [0.4, 0.5) is 5.82 Å². The van der Waals surface area contributed by atoms with Crippen LogP contribution in [0.25, 0.3) is 0 Å². The van der Waals surface area contributed by atoms with Gasteiger partial charge in [-0.15, -0.1) is 0 Å². The van der Waals surface area contributed by atoms with Crippen LogP contribution in [0.1, 0.15) is 25.0 Å². The van der Waals surface area contributed by atoms with E-state index in [4.69, 9.17) is 4.74 Å². The maximum atomic E-state index is 11.6. The summed E-state index contributed by atoms with van der Waals surface area (Å²) in [6.45, 7) is 1.83. The number of hydrogen-bond donors (Lipinski definition) is 2. The number of aryl methyl sites for hydroxylation is 1. The fourth-order valence-electron chi connectivity index (χ4n) is 1.51. The predicted octanol–water partition coefficient (Wildman–Crippen LogP) is 0.654. The molecule has 1 saturated carbocycles. The summed E-state index contributed by atoms with van der Waals surface area (Å²) in [7, 11) is 0. The molecule has 1 aromatic heterocycles. The topological polar surface area (TPSA) is 84.3 Å². The van der Waals surface area contributed by atoms with E-state index in [1.165, 1.54) is 6.20 Å². The number of ether oxygens (including phenoxy) is 1. The fraction of sp³-hybridized carbons (Fsp3) is 0.583. The number of aliphatic hydroxyl groups excluding tert-OH is 1. The van der Waals surface area contributed by atoms with E-state index in [2.05, 4.69) is 15.3 Å². The quantitative estimate of drug-likeness (QED) is 0.802. The summed E-state index contributed by atoms with van der Waals surface area (Å²) in [5.41, 5.74) is 0.766. The molecule has 0 aliphatic heterocycles. The minimum Gasteiger partial charge on any atom is -0.381 e. The monoisotopic (exact) mass is 251 g/mol. The molecule has 1 amide bonds. The summed E-state index contributed by atoms with van der Waals surface area (Å²) in [6.07, 6.45) is 5.21. The van der Waals surface area contributed by atoms with E-state index >= 15 is 0 Å². The molecular formula is C12H17N3O3. The van der Waals surface area contributed by atoms with Crippen molar-refractivity contribution in [2.45, 2.75) is 38.4 Å². The molecule has 1 aliphatic carbocycles. The van der Waals surface area contributed by atoms with Gasteiger partial charge in [0.2, 0.25) is 0 Å². The summed E-state index contributed by atoms with van der Waals surface area (Å²) in [5.74, 6) is -0.194. The van der Waals surface area contributed by atoms with Gasteiger partial charge in [-0.1, -0.05) is 0 Å². The summed E-state index contributed by atoms with van der Waals surface area (Å²) in [6, 6.07) is 0. The number of rotatable bonds is 5. The van der Waals surface area contributed by atoms with Crippen molar-refractivity contribution in [3.8, 4) is 0 Å². The standard InChI is InChI=1S/C12H17N3O3/c1-8-5-14-11(6-13-8)15-12(17)10(16)7-18-9-3-2-4-9/h5-6,9-10,16H,2-4,7H2,1H3,(H,14,15,17). The van der Waals surface area contributed by atoms with E-state index < -0.39 is 12.0 Å². The van der Waals surface area contributed by atoms with Gasteiger partial charge in [0, 0.05) is 0 Å². The highest BCUT2D eigenvalue weighted by molar-refractivity contribution is 5.93. The Bertz CT molecular complexity index is 404. The average Bonchev–Trinajstić information content (AvgIpc) is 2.30. The van der Waals surface area contributed by atoms with Gasteiger partial charge in [-0.25, -0.2) is 4.98 Å². The smallest absolute Gasteiger partial charge is 0.256 e. The van der Waals surface area contributed by atoms with Gasteiger partial charge in [0.15, 0.2) is 11.9 Å². The first-order valence-corrected chi connectivity index (χ1v) is 6.04. The Hall–Kier alpha value is -1.53. The number of hydrogen-bond acceptors (Lipinski definition) is 5. The van der Waals surface area contributed by atoms with Gasteiger partial charge in [-0.2, -0.15) is 0 Å². The van der Waals surface area contributed by atoms with Crippen LogP contribution in [0, 0.1) is 6.92 Å².